The van der Waals surface area contributed by atoms with E-state index >= 15 is 0 Å². The van der Waals surface area contributed by atoms with Crippen LogP contribution in [0.3, 0.4) is 0 Å². The minimum atomic E-state index is -1.06. The van der Waals surface area contributed by atoms with Crippen molar-refractivity contribution in [3.63, 3.8) is 0 Å². The number of rotatable bonds is 3. The number of halogens is 1. The van der Waals surface area contributed by atoms with Crippen molar-refractivity contribution in [1.82, 2.24) is 9.88 Å². The minimum Gasteiger partial charge on any atom is -0.480 e. The quantitative estimate of drug-likeness (QED) is 0.933. The molecule has 0 aliphatic carbocycles. The summed E-state index contributed by atoms with van der Waals surface area (Å²) in [5.41, 5.74) is 0.359. The van der Waals surface area contributed by atoms with E-state index in [0.29, 0.717) is 16.0 Å². The van der Waals surface area contributed by atoms with Crippen LogP contribution in [0.4, 0.5) is 0 Å². The number of aromatic nitrogens is 1. The molecule has 19 heavy (non-hydrogen) atoms. The van der Waals surface area contributed by atoms with Gasteiger partial charge in [-0.15, -0.1) is 0 Å². The van der Waals surface area contributed by atoms with Crippen LogP contribution in [0.1, 0.15) is 10.4 Å². The zero-order valence-corrected chi connectivity index (χ0v) is 10.9. The summed E-state index contributed by atoms with van der Waals surface area (Å²) in [4.78, 5) is 27.9. The molecule has 0 saturated carbocycles. The molecule has 98 valence electrons. The largest absolute Gasteiger partial charge is 0.480 e. The lowest BCUT2D eigenvalue weighted by Crippen LogP contribution is -2.32. The molecule has 0 saturated heterocycles. The molecule has 0 spiro atoms. The molecule has 1 amide bonds. The van der Waals surface area contributed by atoms with E-state index in [1.54, 1.807) is 24.4 Å². The molecule has 5 nitrogen and oxygen atoms in total. The van der Waals surface area contributed by atoms with Gasteiger partial charge in [0.15, 0.2) is 0 Å². The normalized spacial score (nSPS) is 10.4. The number of pyridine rings is 1. The Bertz CT molecular complexity index is 657. The van der Waals surface area contributed by atoms with Crippen LogP contribution in [-0.2, 0) is 4.79 Å². The minimum absolute atomic E-state index is 0.358. The first-order valence-electron chi connectivity index (χ1n) is 5.49. The first-order chi connectivity index (χ1) is 8.99. The molecule has 2 aromatic rings. The van der Waals surface area contributed by atoms with Crippen molar-refractivity contribution in [2.45, 2.75) is 0 Å². The van der Waals surface area contributed by atoms with Gasteiger partial charge in [0.2, 0.25) is 0 Å². The van der Waals surface area contributed by atoms with Gasteiger partial charge >= 0.3 is 5.97 Å². The SMILES string of the molecule is CN(CC(=O)O)C(=O)c1cncc2cc(Cl)ccc12. The van der Waals surface area contributed by atoms with Gasteiger partial charge in [-0.3, -0.25) is 14.6 Å². The van der Waals surface area contributed by atoms with Crippen LogP contribution >= 0.6 is 11.6 Å². The van der Waals surface area contributed by atoms with Gasteiger partial charge in [-0.25, -0.2) is 0 Å². The van der Waals surface area contributed by atoms with E-state index in [4.69, 9.17) is 16.7 Å². The number of nitrogens with zero attached hydrogens (tertiary/aromatic N) is 2. The monoisotopic (exact) mass is 278 g/mol. The number of amides is 1. The summed E-state index contributed by atoms with van der Waals surface area (Å²) in [7, 11) is 1.44. The highest BCUT2D eigenvalue weighted by Gasteiger charge is 2.17. The van der Waals surface area contributed by atoms with Crippen molar-refractivity contribution in [2.75, 3.05) is 13.6 Å². The van der Waals surface area contributed by atoms with Crippen LogP contribution < -0.4 is 0 Å². The van der Waals surface area contributed by atoms with Crippen molar-refractivity contribution in [3.8, 4) is 0 Å². The molecule has 1 aromatic heterocycles. The van der Waals surface area contributed by atoms with E-state index in [-0.39, 0.29) is 12.5 Å². The van der Waals surface area contributed by atoms with Gasteiger partial charge in [0.05, 0.1) is 5.56 Å². The van der Waals surface area contributed by atoms with Gasteiger partial charge in [0.1, 0.15) is 6.54 Å². The standard InChI is InChI=1S/C13H11ClN2O3/c1-16(7-12(17)18)13(19)11-6-15-5-8-4-9(14)2-3-10(8)11/h2-6H,7H2,1H3,(H,17,18). The van der Waals surface area contributed by atoms with E-state index in [0.717, 1.165) is 10.3 Å². The lowest BCUT2D eigenvalue weighted by Gasteiger charge is -2.15. The summed E-state index contributed by atoms with van der Waals surface area (Å²) in [6.45, 7) is -0.358. The highest BCUT2D eigenvalue weighted by Crippen LogP contribution is 2.22. The van der Waals surface area contributed by atoms with Crippen molar-refractivity contribution in [1.29, 1.82) is 0 Å². The number of carboxylic acid groups (broad SMARTS) is 1. The summed E-state index contributed by atoms with van der Waals surface area (Å²) < 4.78 is 0. The zero-order chi connectivity index (χ0) is 14.0. The average molecular weight is 279 g/mol. The fourth-order valence-electron chi connectivity index (χ4n) is 1.80. The second-order valence-electron chi connectivity index (χ2n) is 4.11. The third-order valence-electron chi connectivity index (χ3n) is 2.67. The number of fused-ring (bicyclic) bond motifs is 1. The average Bonchev–Trinajstić information content (AvgIpc) is 2.36. The van der Waals surface area contributed by atoms with E-state index in [1.807, 2.05) is 0 Å². The maximum absolute atomic E-state index is 12.2. The van der Waals surface area contributed by atoms with E-state index in [1.165, 1.54) is 13.2 Å². The van der Waals surface area contributed by atoms with E-state index < -0.39 is 5.97 Å². The molecule has 0 radical (unpaired) electrons. The lowest BCUT2D eigenvalue weighted by atomic mass is 10.1. The Kier molecular flexibility index (Phi) is 3.66. The topological polar surface area (TPSA) is 70.5 Å². The van der Waals surface area contributed by atoms with Crippen LogP contribution in [0.15, 0.2) is 30.6 Å². The van der Waals surface area contributed by atoms with Crippen LogP contribution in [-0.4, -0.2) is 40.5 Å². The number of aliphatic carboxylic acids is 1. The van der Waals surface area contributed by atoms with Gasteiger partial charge in [-0.1, -0.05) is 17.7 Å². The molecule has 1 aromatic carbocycles. The van der Waals surface area contributed by atoms with E-state index in [9.17, 15) is 9.59 Å². The van der Waals surface area contributed by atoms with E-state index in [2.05, 4.69) is 4.98 Å². The molecule has 1 N–H and O–H groups in total. The molecular formula is C13H11ClN2O3. The number of likely N-dealkylation sites (N-methyl/N-ethyl adjacent to an activating group) is 1. The fraction of sp³-hybridized carbons (Fsp3) is 0.154. The third-order valence-corrected chi connectivity index (χ3v) is 2.91. The predicted octanol–water partition coefficient (Wildman–Crippen LogP) is 2.04. The van der Waals surface area contributed by atoms with Crippen molar-refractivity contribution in [2.24, 2.45) is 0 Å². The molecule has 1 heterocycles. The number of carbonyl (C=O) groups is 2. The molecule has 0 unspecified atom stereocenters. The second-order valence-corrected chi connectivity index (χ2v) is 4.54. The summed E-state index contributed by atoms with van der Waals surface area (Å²) in [6.07, 6.45) is 3.03. The molecule has 0 bridgehead atoms. The highest BCUT2D eigenvalue weighted by molar-refractivity contribution is 6.31. The Morgan fingerprint density at radius 3 is 2.79 bits per heavy atom. The van der Waals surface area contributed by atoms with Gasteiger partial charge in [0, 0.05) is 29.9 Å². The summed E-state index contributed by atoms with van der Waals surface area (Å²) in [5.74, 6) is -1.45. The van der Waals surface area contributed by atoms with Crippen molar-refractivity contribution in [3.05, 3.63) is 41.2 Å². The van der Waals surface area contributed by atoms with Crippen LogP contribution in [0.5, 0.6) is 0 Å². The number of carboxylic acids is 1. The Morgan fingerprint density at radius 2 is 2.11 bits per heavy atom. The molecule has 0 aliphatic rings. The zero-order valence-electron chi connectivity index (χ0n) is 10.1. The summed E-state index contributed by atoms with van der Waals surface area (Å²) in [6, 6.07) is 5.11. The highest BCUT2D eigenvalue weighted by atomic mass is 35.5. The first kappa shape index (κ1) is 13.3. The molecule has 0 atom stereocenters. The number of hydrogen-bond donors (Lipinski definition) is 1. The van der Waals surface area contributed by atoms with Gasteiger partial charge < -0.3 is 10.0 Å². The smallest absolute Gasteiger partial charge is 0.323 e. The Balaban J connectivity index is 2.45. The summed E-state index contributed by atoms with van der Waals surface area (Å²) >= 11 is 5.88. The number of benzene rings is 1. The van der Waals surface area contributed by atoms with Gasteiger partial charge in [0.25, 0.3) is 5.91 Å². The van der Waals surface area contributed by atoms with Crippen LogP contribution in [0, 0.1) is 0 Å². The molecule has 0 aliphatic heterocycles. The van der Waals surface area contributed by atoms with Crippen LogP contribution in [0.25, 0.3) is 10.8 Å². The number of hydrogen-bond acceptors (Lipinski definition) is 3. The number of carbonyl (C=O) groups excluding carboxylic acids is 1. The predicted molar refractivity (Wildman–Crippen MR) is 71.3 cm³/mol. The van der Waals surface area contributed by atoms with Gasteiger partial charge in [-0.2, -0.15) is 0 Å². The van der Waals surface area contributed by atoms with Crippen molar-refractivity contribution < 1.29 is 14.7 Å². The van der Waals surface area contributed by atoms with Crippen LogP contribution in [0.2, 0.25) is 5.02 Å². The molecule has 6 heteroatoms. The Labute approximate surface area is 114 Å². The van der Waals surface area contributed by atoms with Crippen molar-refractivity contribution >= 4 is 34.2 Å². The fourth-order valence-corrected chi connectivity index (χ4v) is 1.98. The maximum Gasteiger partial charge on any atom is 0.323 e. The Morgan fingerprint density at radius 1 is 1.37 bits per heavy atom. The third kappa shape index (κ3) is 2.82. The lowest BCUT2D eigenvalue weighted by molar-refractivity contribution is -0.137. The molecular weight excluding hydrogens is 268 g/mol. The Hall–Kier alpha value is -2.14. The first-order valence-corrected chi connectivity index (χ1v) is 5.87. The molecule has 0 fully saturated rings. The molecule has 2 rings (SSSR count). The van der Waals surface area contributed by atoms with Gasteiger partial charge in [-0.05, 0) is 17.5 Å². The maximum atomic E-state index is 12.2. The second kappa shape index (κ2) is 5.24. The summed E-state index contributed by atoms with van der Waals surface area (Å²) in [5, 5.41) is 10.7.